The highest BCUT2D eigenvalue weighted by Crippen LogP contribution is 2.30. The molecule has 1 aromatic rings. The molecule has 2 N–H and O–H groups in total. The second-order valence-corrected chi connectivity index (χ2v) is 5.29. The lowest BCUT2D eigenvalue weighted by atomic mass is 10.0. The first-order chi connectivity index (χ1) is 9.72. The monoisotopic (exact) mass is 279 g/mol. The fraction of sp³-hybridized carbons (Fsp3) is 0.625. The summed E-state index contributed by atoms with van der Waals surface area (Å²) in [5.74, 6) is 1.60. The molecule has 1 aromatic carbocycles. The van der Waals surface area contributed by atoms with Crippen molar-refractivity contribution in [1.82, 2.24) is 0 Å². The Morgan fingerprint density at radius 3 is 2.70 bits per heavy atom. The molecule has 1 atom stereocenters. The number of methoxy groups -OCH3 is 1. The van der Waals surface area contributed by atoms with E-state index in [0.717, 1.165) is 50.4 Å². The zero-order chi connectivity index (χ0) is 14.4. The van der Waals surface area contributed by atoms with Gasteiger partial charge in [0.05, 0.1) is 20.3 Å². The van der Waals surface area contributed by atoms with E-state index < -0.39 is 0 Å². The molecule has 0 bridgehead atoms. The minimum atomic E-state index is 0.196. The number of ether oxygens (including phenoxy) is 3. The minimum absolute atomic E-state index is 0.196. The van der Waals surface area contributed by atoms with E-state index in [1.165, 1.54) is 5.56 Å². The molecule has 20 heavy (non-hydrogen) atoms. The Morgan fingerprint density at radius 1 is 1.30 bits per heavy atom. The summed E-state index contributed by atoms with van der Waals surface area (Å²) in [6, 6.07) is 6.30. The maximum Gasteiger partial charge on any atom is 0.161 e. The van der Waals surface area contributed by atoms with Gasteiger partial charge < -0.3 is 19.9 Å². The molecule has 0 saturated carbocycles. The summed E-state index contributed by atoms with van der Waals surface area (Å²) in [5.41, 5.74) is 7.19. The molecular formula is C16H25NO3. The van der Waals surface area contributed by atoms with Crippen LogP contribution in [-0.4, -0.2) is 32.5 Å². The molecule has 0 spiro atoms. The van der Waals surface area contributed by atoms with Gasteiger partial charge in [0.1, 0.15) is 6.10 Å². The van der Waals surface area contributed by atoms with Crippen LogP contribution in [0.2, 0.25) is 0 Å². The van der Waals surface area contributed by atoms with Crippen LogP contribution >= 0.6 is 0 Å². The van der Waals surface area contributed by atoms with Gasteiger partial charge in [-0.25, -0.2) is 0 Å². The maximum atomic E-state index is 6.03. The molecule has 4 heteroatoms. The number of hydrogen-bond acceptors (Lipinski definition) is 4. The summed E-state index contributed by atoms with van der Waals surface area (Å²) in [4.78, 5) is 0. The molecule has 1 unspecified atom stereocenters. The highest BCUT2D eigenvalue weighted by atomic mass is 16.5. The van der Waals surface area contributed by atoms with Gasteiger partial charge in [0, 0.05) is 18.9 Å². The summed E-state index contributed by atoms with van der Waals surface area (Å²) in [5, 5.41) is 0. The Labute approximate surface area is 121 Å². The number of rotatable bonds is 6. The van der Waals surface area contributed by atoms with E-state index in [1.54, 1.807) is 7.11 Å². The van der Waals surface area contributed by atoms with Crippen molar-refractivity contribution in [3.05, 3.63) is 23.8 Å². The normalized spacial score (nSPS) is 17.8. The highest BCUT2D eigenvalue weighted by molar-refractivity contribution is 5.43. The Kier molecular flexibility index (Phi) is 5.68. The standard InChI is InChI=1S/C16H25NO3/c1-3-13(17)10-12-4-5-15(16(11-12)18-2)20-14-6-8-19-9-7-14/h4-5,11,13-14H,3,6-10,17H2,1-2H3. The highest BCUT2D eigenvalue weighted by Gasteiger charge is 2.17. The summed E-state index contributed by atoms with van der Waals surface area (Å²) in [6.45, 7) is 3.65. The van der Waals surface area contributed by atoms with Gasteiger partial charge in [-0.1, -0.05) is 13.0 Å². The predicted molar refractivity (Wildman–Crippen MR) is 79.4 cm³/mol. The van der Waals surface area contributed by atoms with Crippen LogP contribution in [0.25, 0.3) is 0 Å². The van der Waals surface area contributed by atoms with Crippen LogP contribution < -0.4 is 15.2 Å². The number of hydrogen-bond donors (Lipinski definition) is 1. The third kappa shape index (κ3) is 4.12. The van der Waals surface area contributed by atoms with E-state index in [4.69, 9.17) is 19.9 Å². The van der Waals surface area contributed by atoms with E-state index in [2.05, 4.69) is 13.0 Å². The van der Waals surface area contributed by atoms with E-state index in [9.17, 15) is 0 Å². The van der Waals surface area contributed by atoms with Gasteiger partial charge in [0.25, 0.3) is 0 Å². The lowest BCUT2D eigenvalue weighted by molar-refractivity contribution is 0.0245. The first-order valence-electron chi connectivity index (χ1n) is 7.39. The van der Waals surface area contributed by atoms with Crippen LogP contribution in [0.15, 0.2) is 18.2 Å². The second kappa shape index (κ2) is 7.50. The molecule has 1 aliphatic heterocycles. The van der Waals surface area contributed by atoms with Crippen molar-refractivity contribution < 1.29 is 14.2 Å². The molecule has 112 valence electrons. The third-order valence-corrected chi connectivity index (χ3v) is 3.71. The smallest absolute Gasteiger partial charge is 0.161 e. The van der Waals surface area contributed by atoms with E-state index in [-0.39, 0.29) is 12.1 Å². The molecule has 1 fully saturated rings. The van der Waals surface area contributed by atoms with Crippen LogP contribution in [0.4, 0.5) is 0 Å². The molecular weight excluding hydrogens is 254 g/mol. The first kappa shape index (κ1) is 15.1. The SMILES string of the molecule is CCC(N)Cc1ccc(OC2CCOCC2)c(OC)c1. The van der Waals surface area contributed by atoms with Gasteiger partial charge >= 0.3 is 0 Å². The van der Waals surface area contributed by atoms with Gasteiger partial charge in [-0.15, -0.1) is 0 Å². The molecule has 0 aromatic heterocycles. The molecule has 0 amide bonds. The summed E-state index contributed by atoms with van der Waals surface area (Å²) < 4.78 is 16.8. The van der Waals surface area contributed by atoms with E-state index in [1.807, 2.05) is 12.1 Å². The van der Waals surface area contributed by atoms with Crippen molar-refractivity contribution in [1.29, 1.82) is 0 Å². The van der Waals surface area contributed by atoms with Crippen LogP contribution in [0.3, 0.4) is 0 Å². The van der Waals surface area contributed by atoms with Crippen molar-refractivity contribution >= 4 is 0 Å². The fourth-order valence-corrected chi connectivity index (χ4v) is 2.36. The number of nitrogens with two attached hydrogens (primary N) is 1. The average molecular weight is 279 g/mol. The van der Waals surface area contributed by atoms with Crippen LogP contribution in [0, 0.1) is 0 Å². The molecule has 1 heterocycles. The van der Waals surface area contributed by atoms with Crippen molar-refractivity contribution in [3.8, 4) is 11.5 Å². The van der Waals surface area contributed by atoms with Crippen LogP contribution in [0.5, 0.6) is 11.5 Å². The fourth-order valence-electron chi connectivity index (χ4n) is 2.36. The predicted octanol–water partition coefficient (Wildman–Crippen LogP) is 2.53. The van der Waals surface area contributed by atoms with Crippen molar-refractivity contribution in [2.24, 2.45) is 5.73 Å². The van der Waals surface area contributed by atoms with Gasteiger partial charge in [-0.3, -0.25) is 0 Å². The minimum Gasteiger partial charge on any atom is -0.493 e. The van der Waals surface area contributed by atoms with Crippen molar-refractivity contribution in [2.75, 3.05) is 20.3 Å². The summed E-state index contributed by atoms with van der Waals surface area (Å²) in [7, 11) is 1.68. The van der Waals surface area contributed by atoms with Gasteiger partial charge in [0.2, 0.25) is 0 Å². The van der Waals surface area contributed by atoms with E-state index in [0.29, 0.717) is 0 Å². The maximum absolute atomic E-state index is 6.03. The zero-order valence-corrected chi connectivity index (χ0v) is 12.4. The molecule has 1 saturated heterocycles. The summed E-state index contributed by atoms with van der Waals surface area (Å²) >= 11 is 0. The quantitative estimate of drug-likeness (QED) is 0.869. The average Bonchev–Trinajstić information content (AvgIpc) is 2.49. The largest absolute Gasteiger partial charge is 0.493 e. The lowest BCUT2D eigenvalue weighted by Crippen LogP contribution is -2.26. The van der Waals surface area contributed by atoms with Crippen molar-refractivity contribution in [2.45, 2.75) is 44.8 Å². The Bertz CT molecular complexity index is 416. The Hall–Kier alpha value is -1.26. The van der Waals surface area contributed by atoms with Gasteiger partial charge in [-0.05, 0) is 30.5 Å². The molecule has 0 aliphatic carbocycles. The molecule has 2 rings (SSSR count). The molecule has 1 aliphatic rings. The summed E-state index contributed by atoms with van der Waals surface area (Å²) in [6.07, 6.45) is 3.94. The molecule has 0 radical (unpaired) electrons. The second-order valence-electron chi connectivity index (χ2n) is 5.29. The number of benzene rings is 1. The molecule has 4 nitrogen and oxygen atoms in total. The van der Waals surface area contributed by atoms with Gasteiger partial charge in [0.15, 0.2) is 11.5 Å². The van der Waals surface area contributed by atoms with Crippen LogP contribution in [0.1, 0.15) is 31.7 Å². The lowest BCUT2D eigenvalue weighted by Gasteiger charge is -2.24. The third-order valence-electron chi connectivity index (χ3n) is 3.71. The Morgan fingerprint density at radius 2 is 2.05 bits per heavy atom. The van der Waals surface area contributed by atoms with Crippen molar-refractivity contribution in [3.63, 3.8) is 0 Å². The first-order valence-corrected chi connectivity index (χ1v) is 7.39. The van der Waals surface area contributed by atoms with Crippen LogP contribution in [-0.2, 0) is 11.2 Å². The zero-order valence-electron chi connectivity index (χ0n) is 12.4. The Balaban J connectivity index is 2.04. The topological polar surface area (TPSA) is 53.7 Å². The van der Waals surface area contributed by atoms with Gasteiger partial charge in [-0.2, -0.15) is 0 Å². The van der Waals surface area contributed by atoms with E-state index >= 15 is 0 Å².